The molecule has 112 valence electrons. The number of ether oxygens (including phenoxy) is 1. The summed E-state index contributed by atoms with van der Waals surface area (Å²) >= 11 is 3.47. The van der Waals surface area contributed by atoms with Gasteiger partial charge in [0, 0.05) is 16.1 Å². The lowest BCUT2D eigenvalue weighted by atomic mass is 10.1. The Balaban J connectivity index is 2.18. The number of carbonyl (C=O) groups is 1. The Hall–Kier alpha value is -2.34. The summed E-state index contributed by atoms with van der Waals surface area (Å²) in [6, 6.07) is 8.54. The monoisotopic (exact) mass is 361 g/mol. The third-order valence-electron chi connectivity index (χ3n) is 3.41. The van der Waals surface area contributed by atoms with Gasteiger partial charge in [0.1, 0.15) is 16.8 Å². The van der Waals surface area contributed by atoms with E-state index in [0.717, 1.165) is 15.6 Å². The maximum atomic E-state index is 11.6. The number of hydrogen-bond acceptors (Lipinski definition) is 5. The molecule has 0 aliphatic carbocycles. The van der Waals surface area contributed by atoms with Gasteiger partial charge in [0.25, 0.3) is 0 Å². The van der Waals surface area contributed by atoms with Crippen LogP contribution in [0.1, 0.15) is 15.9 Å². The lowest BCUT2D eigenvalue weighted by molar-refractivity contribution is 0.0597. The lowest BCUT2D eigenvalue weighted by Gasteiger charge is -2.02. The average Bonchev–Trinajstić information content (AvgIpc) is 2.90. The zero-order chi connectivity index (χ0) is 15.9. The van der Waals surface area contributed by atoms with E-state index in [1.807, 2.05) is 25.1 Å². The maximum Gasteiger partial charge on any atom is 0.341 e. The minimum Gasteiger partial charge on any atom is -0.507 e. The normalized spacial score (nSPS) is 10.9. The first-order valence-electron chi connectivity index (χ1n) is 6.48. The molecule has 0 fully saturated rings. The SMILES string of the molecule is COC(=O)c1cc2nc(-c3cccc(Br)c3C)oc2cc1O. The molecule has 0 radical (unpaired) electrons. The van der Waals surface area contributed by atoms with E-state index in [1.165, 1.54) is 19.2 Å². The summed E-state index contributed by atoms with van der Waals surface area (Å²) in [5, 5.41) is 9.89. The fourth-order valence-electron chi connectivity index (χ4n) is 2.19. The summed E-state index contributed by atoms with van der Waals surface area (Å²) in [6.45, 7) is 1.95. The van der Waals surface area contributed by atoms with Crippen LogP contribution >= 0.6 is 15.9 Å². The summed E-state index contributed by atoms with van der Waals surface area (Å²) < 4.78 is 11.3. The Morgan fingerprint density at radius 1 is 1.36 bits per heavy atom. The molecule has 0 amide bonds. The van der Waals surface area contributed by atoms with Crippen LogP contribution in [0.3, 0.4) is 0 Å². The molecule has 1 heterocycles. The van der Waals surface area contributed by atoms with Gasteiger partial charge >= 0.3 is 5.97 Å². The minimum absolute atomic E-state index is 0.0563. The maximum absolute atomic E-state index is 11.6. The third kappa shape index (κ3) is 2.35. The number of esters is 1. The first-order chi connectivity index (χ1) is 10.5. The van der Waals surface area contributed by atoms with Gasteiger partial charge < -0.3 is 14.3 Å². The minimum atomic E-state index is -0.623. The van der Waals surface area contributed by atoms with E-state index in [1.54, 1.807) is 0 Å². The first kappa shape index (κ1) is 14.6. The number of hydrogen-bond donors (Lipinski definition) is 1. The highest BCUT2D eigenvalue weighted by atomic mass is 79.9. The van der Waals surface area contributed by atoms with Gasteiger partial charge in [0.05, 0.1) is 7.11 Å². The van der Waals surface area contributed by atoms with Crippen LogP contribution in [-0.2, 0) is 4.74 Å². The number of phenolic OH excluding ortho intramolecular Hbond substituents is 1. The second-order valence-electron chi connectivity index (χ2n) is 4.76. The summed E-state index contributed by atoms with van der Waals surface area (Å²) in [4.78, 5) is 16.0. The smallest absolute Gasteiger partial charge is 0.341 e. The first-order valence-corrected chi connectivity index (χ1v) is 7.28. The van der Waals surface area contributed by atoms with E-state index in [2.05, 4.69) is 25.7 Å². The van der Waals surface area contributed by atoms with Gasteiger partial charge in [-0.05, 0) is 30.7 Å². The Labute approximate surface area is 134 Å². The summed E-state index contributed by atoms with van der Waals surface area (Å²) in [5.74, 6) is -0.397. The highest BCUT2D eigenvalue weighted by molar-refractivity contribution is 9.10. The summed E-state index contributed by atoms with van der Waals surface area (Å²) in [6.07, 6.45) is 0. The molecule has 0 aliphatic heterocycles. The molecule has 0 spiro atoms. The van der Waals surface area contributed by atoms with Gasteiger partial charge in [-0.3, -0.25) is 0 Å². The van der Waals surface area contributed by atoms with Crippen molar-refractivity contribution in [2.75, 3.05) is 7.11 Å². The fraction of sp³-hybridized carbons (Fsp3) is 0.125. The Bertz CT molecular complexity index is 885. The van der Waals surface area contributed by atoms with Crippen molar-refractivity contribution >= 4 is 33.0 Å². The molecule has 5 nitrogen and oxygen atoms in total. The zero-order valence-corrected chi connectivity index (χ0v) is 13.5. The van der Waals surface area contributed by atoms with Crippen molar-refractivity contribution in [2.24, 2.45) is 0 Å². The van der Waals surface area contributed by atoms with Gasteiger partial charge in [0.15, 0.2) is 5.58 Å². The Kier molecular flexibility index (Phi) is 3.62. The van der Waals surface area contributed by atoms with Crippen molar-refractivity contribution in [3.63, 3.8) is 0 Å². The second kappa shape index (κ2) is 5.46. The van der Waals surface area contributed by atoms with Gasteiger partial charge in [-0.15, -0.1) is 0 Å². The van der Waals surface area contributed by atoms with Gasteiger partial charge in [-0.2, -0.15) is 0 Å². The number of aromatic hydroxyl groups is 1. The van der Waals surface area contributed by atoms with Crippen LogP contribution in [-0.4, -0.2) is 23.2 Å². The van der Waals surface area contributed by atoms with E-state index in [0.29, 0.717) is 17.0 Å². The molecule has 0 unspecified atom stereocenters. The summed E-state index contributed by atoms with van der Waals surface area (Å²) in [7, 11) is 1.26. The molecule has 0 aliphatic rings. The number of nitrogens with zero attached hydrogens (tertiary/aromatic N) is 1. The summed E-state index contributed by atoms with van der Waals surface area (Å²) in [5.41, 5.74) is 2.77. The van der Waals surface area contributed by atoms with Crippen LogP contribution in [0.2, 0.25) is 0 Å². The van der Waals surface area contributed by atoms with Crippen LogP contribution in [0.25, 0.3) is 22.6 Å². The van der Waals surface area contributed by atoms with Gasteiger partial charge in [0.2, 0.25) is 5.89 Å². The lowest BCUT2D eigenvalue weighted by Crippen LogP contribution is -2.01. The number of rotatable bonds is 2. The van der Waals surface area contributed by atoms with E-state index in [-0.39, 0.29) is 11.3 Å². The number of carbonyl (C=O) groups excluding carboxylic acids is 1. The van der Waals surface area contributed by atoms with Crippen molar-refractivity contribution in [1.82, 2.24) is 4.98 Å². The highest BCUT2D eigenvalue weighted by Crippen LogP contribution is 2.32. The molecule has 2 aromatic carbocycles. The molecule has 0 saturated carbocycles. The van der Waals surface area contributed by atoms with Crippen LogP contribution in [0.15, 0.2) is 39.2 Å². The van der Waals surface area contributed by atoms with Crippen molar-refractivity contribution in [3.8, 4) is 17.2 Å². The number of fused-ring (bicyclic) bond motifs is 1. The number of oxazole rings is 1. The number of aromatic nitrogens is 1. The molecular weight excluding hydrogens is 350 g/mol. The quantitative estimate of drug-likeness (QED) is 0.696. The Morgan fingerprint density at radius 3 is 2.86 bits per heavy atom. The number of benzene rings is 2. The van der Waals surface area contributed by atoms with Crippen molar-refractivity contribution in [1.29, 1.82) is 0 Å². The van der Waals surface area contributed by atoms with Crippen LogP contribution in [0.5, 0.6) is 5.75 Å². The molecule has 22 heavy (non-hydrogen) atoms. The van der Waals surface area contributed by atoms with E-state index < -0.39 is 5.97 Å². The second-order valence-corrected chi connectivity index (χ2v) is 5.61. The largest absolute Gasteiger partial charge is 0.507 e. The number of methoxy groups -OCH3 is 1. The van der Waals surface area contributed by atoms with Gasteiger partial charge in [-0.1, -0.05) is 22.0 Å². The highest BCUT2D eigenvalue weighted by Gasteiger charge is 2.17. The van der Waals surface area contributed by atoms with Crippen LogP contribution in [0, 0.1) is 6.92 Å². The molecule has 3 aromatic rings. The van der Waals surface area contributed by atoms with Crippen LogP contribution in [0.4, 0.5) is 0 Å². The van der Waals surface area contributed by atoms with E-state index in [9.17, 15) is 9.90 Å². The van der Waals surface area contributed by atoms with Crippen molar-refractivity contribution in [3.05, 3.63) is 45.9 Å². The predicted octanol–water partition coefficient (Wildman–Crippen LogP) is 4.06. The standard InChI is InChI=1S/C16H12BrNO4/c1-8-9(4-3-5-11(8)17)15-18-12-6-10(16(20)21-2)13(19)7-14(12)22-15/h3-7,19H,1-2H3. The molecule has 0 bridgehead atoms. The molecule has 0 saturated heterocycles. The Morgan fingerprint density at radius 2 is 2.14 bits per heavy atom. The zero-order valence-electron chi connectivity index (χ0n) is 11.9. The topological polar surface area (TPSA) is 72.6 Å². The number of phenols is 1. The van der Waals surface area contributed by atoms with Gasteiger partial charge in [-0.25, -0.2) is 9.78 Å². The molecule has 0 atom stereocenters. The van der Waals surface area contributed by atoms with Crippen molar-refractivity contribution in [2.45, 2.75) is 6.92 Å². The molecular formula is C16H12BrNO4. The average molecular weight is 362 g/mol. The molecule has 6 heteroatoms. The third-order valence-corrected chi connectivity index (χ3v) is 4.27. The predicted molar refractivity (Wildman–Crippen MR) is 84.9 cm³/mol. The van der Waals surface area contributed by atoms with E-state index in [4.69, 9.17) is 4.42 Å². The fourth-order valence-corrected chi connectivity index (χ4v) is 2.56. The van der Waals surface area contributed by atoms with Crippen molar-refractivity contribution < 1.29 is 19.1 Å². The molecule has 1 aromatic heterocycles. The van der Waals surface area contributed by atoms with Crippen LogP contribution < -0.4 is 0 Å². The molecule has 1 N–H and O–H groups in total. The van der Waals surface area contributed by atoms with E-state index >= 15 is 0 Å². The molecule has 3 rings (SSSR count). The number of halogens is 1.